The van der Waals surface area contributed by atoms with Crippen LogP contribution in [-0.4, -0.2) is 37.2 Å². The number of hydrogen-bond donors (Lipinski definition) is 0. The van der Waals surface area contributed by atoms with Gasteiger partial charge < -0.3 is 14.2 Å². The minimum atomic E-state index is -0.843. The molecule has 0 bridgehead atoms. The molecule has 0 N–H and O–H groups in total. The van der Waals surface area contributed by atoms with Crippen LogP contribution >= 0.6 is 0 Å². The van der Waals surface area contributed by atoms with Crippen LogP contribution in [-0.2, 0) is 28.6 Å². The largest absolute Gasteiger partial charge is 0.462 e. The van der Waals surface area contributed by atoms with Crippen molar-refractivity contribution in [3.63, 3.8) is 0 Å². The molecule has 0 saturated carbocycles. The third-order valence-corrected chi connectivity index (χ3v) is 8.51. The Balaban J connectivity index is 4.59. The molecule has 6 heteroatoms. The van der Waals surface area contributed by atoms with Crippen molar-refractivity contribution in [1.29, 1.82) is 0 Å². The summed E-state index contributed by atoms with van der Waals surface area (Å²) in [4.78, 5) is 37.7. The van der Waals surface area contributed by atoms with Crippen molar-refractivity contribution in [3.8, 4) is 0 Å². The average Bonchev–Trinajstić information content (AvgIpc) is 3.22. The second-order valence-electron chi connectivity index (χ2n) is 13.9. The summed E-state index contributed by atoms with van der Waals surface area (Å²) in [5.41, 5.74) is 0. The number of unbranched alkanes of at least 4 members (excludes halogenated alkanes) is 8. The third kappa shape index (κ3) is 42.7. The van der Waals surface area contributed by atoms with E-state index in [2.05, 4.69) is 99.8 Å². The number of allylic oxidation sites excluding steroid dienone is 22. The van der Waals surface area contributed by atoms with Gasteiger partial charge in [0.2, 0.25) is 0 Å². The van der Waals surface area contributed by atoms with E-state index in [1.807, 2.05) is 54.7 Å². The summed E-state index contributed by atoms with van der Waals surface area (Å²) in [5.74, 6) is -1.10. The predicted octanol–water partition coefficient (Wildman–Crippen LogP) is 14.4. The molecule has 1 unspecified atom stereocenters. The molecule has 0 aromatic carbocycles. The number of ether oxygens (including phenoxy) is 3. The fourth-order valence-corrected chi connectivity index (χ4v) is 5.27. The zero-order valence-electron chi connectivity index (χ0n) is 36.5. The van der Waals surface area contributed by atoms with Crippen molar-refractivity contribution in [2.24, 2.45) is 0 Å². The monoisotopic (exact) mass is 799 g/mol. The first-order valence-corrected chi connectivity index (χ1v) is 22.3. The van der Waals surface area contributed by atoms with E-state index in [9.17, 15) is 14.4 Å². The Hall–Kier alpha value is -4.45. The number of esters is 3. The molecule has 0 saturated heterocycles. The summed E-state index contributed by atoms with van der Waals surface area (Å²) in [6, 6.07) is 0. The topological polar surface area (TPSA) is 78.9 Å². The number of carbonyl (C=O) groups is 3. The van der Waals surface area contributed by atoms with Gasteiger partial charge in [-0.05, 0) is 89.9 Å². The molecule has 322 valence electrons. The first-order chi connectivity index (χ1) is 28.5. The lowest BCUT2D eigenvalue weighted by Gasteiger charge is -2.18. The SMILES string of the molecule is CC\C=C/C=C\C=C/C=C\C=C/CCCC(=O)OC(COC(=O)CCC/C=C\C/C=C\C/C=C\CC)COC(=O)CCCCCCCC/C=C\C/C=C\C/C=C\CC. The normalized spacial score (nSPS) is 13.4. The molecule has 0 radical (unpaired) electrons. The molecule has 58 heavy (non-hydrogen) atoms. The van der Waals surface area contributed by atoms with Crippen LogP contribution in [0.2, 0.25) is 0 Å². The van der Waals surface area contributed by atoms with E-state index in [1.54, 1.807) is 0 Å². The Bertz CT molecular complexity index is 1330. The van der Waals surface area contributed by atoms with Crippen molar-refractivity contribution in [1.82, 2.24) is 0 Å². The van der Waals surface area contributed by atoms with E-state index in [0.717, 1.165) is 83.5 Å². The van der Waals surface area contributed by atoms with E-state index >= 15 is 0 Å². The van der Waals surface area contributed by atoms with E-state index in [1.165, 1.54) is 12.8 Å². The predicted molar refractivity (Wildman–Crippen MR) is 246 cm³/mol. The van der Waals surface area contributed by atoms with Gasteiger partial charge >= 0.3 is 17.9 Å². The van der Waals surface area contributed by atoms with E-state index in [-0.39, 0.29) is 38.0 Å². The molecule has 0 heterocycles. The highest BCUT2D eigenvalue weighted by Gasteiger charge is 2.19. The van der Waals surface area contributed by atoms with E-state index in [0.29, 0.717) is 25.7 Å². The molecule has 0 aliphatic rings. The van der Waals surface area contributed by atoms with Gasteiger partial charge in [-0.15, -0.1) is 0 Å². The highest BCUT2D eigenvalue weighted by molar-refractivity contribution is 5.71. The van der Waals surface area contributed by atoms with Crippen LogP contribution in [0.3, 0.4) is 0 Å². The number of carbonyl (C=O) groups excluding carboxylic acids is 3. The maximum Gasteiger partial charge on any atom is 0.306 e. The smallest absolute Gasteiger partial charge is 0.306 e. The van der Waals surface area contributed by atoms with Crippen LogP contribution in [0.4, 0.5) is 0 Å². The Morgan fingerprint density at radius 1 is 0.362 bits per heavy atom. The Morgan fingerprint density at radius 3 is 1.24 bits per heavy atom. The third-order valence-electron chi connectivity index (χ3n) is 8.51. The second kappa shape index (κ2) is 45.3. The van der Waals surface area contributed by atoms with Crippen LogP contribution in [0.15, 0.2) is 134 Å². The van der Waals surface area contributed by atoms with Gasteiger partial charge in [0.05, 0.1) is 0 Å². The molecule has 6 nitrogen and oxygen atoms in total. The maximum absolute atomic E-state index is 12.7. The maximum atomic E-state index is 12.7. The lowest BCUT2D eigenvalue weighted by atomic mass is 10.1. The molecule has 0 fully saturated rings. The van der Waals surface area contributed by atoms with Crippen LogP contribution in [0.5, 0.6) is 0 Å². The van der Waals surface area contributed by atoms with Crippen LogP contribution < -0.4 is 0 Å². The van der Waals surface area contributed by atoms with Gasteiger partial charge in [-0.3, -0.25) is 14.4 Å². The second-order valence-corrected chi connectivity index (χ2v) is 13.9. The van der Waals surface area contributed by atoms with Gasteiger partial charge in [0.15, 0.2) is 6.10 Å². The molecule has 0 aromatic rings. The number of rotatable bonds is 37. The molecular formula is C52H78O6. The number of hydrogen-bond acceptors (Lipinski definition) is 6. The summed E-state index contributed by atoms with van der Waals surface area (Å²) < 4.78 is 16.6. The van der Waals surface area contributed by atoms with E-state index in [4.69, 9.17) is 14.2 Å². The van der Waals surface area contributed by atoms with Gasteiger partial charge in [0.1, 0.15) is 13.2 Å². The molecule has 0 spiro atoms. The fraction of sp³-hybridized carbons (Fsp3) is 0.519. The minimum absolute atomic E-state index is 0.135. The molecule has 0 rings (SSSR count). The molecular weight excluding hydrogens is 721 g/mol. The quantitative estimate of drug-likeness (QED) is 0.0205. The minimum Gasteiger partial charge on any atom is -0.462 e. The highest BCUT2D eigenvalue weighted by Crippen LogP contribution is 2.11. The zero-order chi connectivity index (χ0) is 42.3. The average molecular weight is 799 g/mol. The van der Waals surface area contributed by atoms with Crippen LogP contribution in [0.1, 0.15) is 156 Å². The Kier molecular flexibility index (Phi) is 41.8. The lowest BCUT2D eigenvalue weighted by Crippen LogP contribution is -2.30. The van der Waals surface area contributed by atoms with Crippen LogP contribution in [0.25, 0.3) is 0 Å². The summed E-state index contributed by atoms with van der Waals surface area (Å²) in [6.07, 6.45) is 63.1. The summed E-state index contributed by atoms with van der Waals surface area (Å²) in [6.45, 7) is 6.09. The van der Waals surface area contributed by atoms with Gasteiger partial charge in [0.25, 0.3) is 0 Å². The van der Waals surface area contributed by atoms with Crippen molar-refractivity contribution in [2.75, 3.05) is 13.2 Å². The summed E-state index contributed by atoms with van der Waals surface area (Å²) in [7, 11) is 0. The van der Waals surface area contributed by atoms with Gasteiger partial charge in [0, 0.05) is 19.3 Å². The molecule has 0 aliphatic carbocycles. The first-order valence-electron chi connectivity index (χ1n) is 22.3. The van der Waals surface area contributed by atoms with Gasteiger partial charge in [-0.25, -0.2) is 0 Å². The molecule has 0 amide bonds. The zero-order valence-corrected chi connectivity index (χ0v) is 36.5. The highest BCUT2D eigenvalue weighted by atomic mass is 16.6. The molecule has 0 aromatic heterocycles. The van der Waals surface area contributed by atoms with Gasteiger partial charge in [-0.2, -0.15) is 0 Å². The van der Waals surface area contributed by atoms with Crippen molar-refractivity contribution >= 4 is 17.9 Å². The Labute approximate surface area is 354 Å². The van der Waals surface area contributed by atoms with Gasteiger partial charge in [-0.1, -0.05) is 180 Å². The lowest BCUT2D eigenvalue weighted by molar-refractivity contribution is -0.167. The summed E-state index contributed by atoms with van der Waals surface area (Å²) in [5, 5.41) is 0. The standard InChI is InChI=1S/C52H78O6/c1-4-7-10-13-16-19-22-24-25-26-28-30-33-36-39-42-45-51(54)57-48-49(47-56-50(53)44-41-38-35-32-29-21-18-15-12-9-6-3)58-52(55)46-43-40-37-34-31-27-23-20-17-14-11-8-5-2/h7-12,14,16-21,23-25,27,31-32,34-35,37,49H,4-6,13,15,22,26,28-30,33,36,38-48H2,1-3H3/b10-7-,11-8-,12-9-,17-14-,19-16-,21-18-,23-20-,25-24-,31-27-,35-32-,37-34-. The molecule has 1 atom stereocenters. The summed E-state index contributed by atoms with van der Waals surface area (Å²) >= 11 is 0. The fourth-order valence-electron chi connectivity index (χ4n) is 5.27. The van der Waals surface area contributed by atoms with Crippen molar-refractivity contribution < 1.29 is 28.6 Å². The van der Waals surface area contributed by atoms with Crippen molar-refractivity contribution in [3.05, 3.63) is 134 Å². The van der Waals surface area contributed by atoms with E-state index < -0.39 is 12.1 Å². The van der Waals surface area contributed by atoms with Crippen LogP contribution in [0, 0.1) is 0 Å². The van der Waals surface area contributed by atoms with Crippen molar-refractivity contribution in [2.45, 2.75) is 162 Å². The Morgan fingerprint density at radius 2 is 0.724 bits per heavy atom. The first kappa shape index (κ1) is 53.6. The molecule has 0 aliphatic heterocycles.